The van der Waals surface area contributed by atoms with Crippen molar-refractivity contribution in [1.82, 2.24) is 9.97 Å². The molecule has 116 valence electrons. The fourth-order valence-corrected chi connectivity index (χ4v) is 2.83. The molecular formula is C15H15F3N4. The predicted molar refractivity (Wildman–Crippen MR) is 75.9 cm³/mol. The molecule has 0 saturated carbocycles. The Morgan fingerprint density at radius 1 is 1.05 bits per heavy atom. The molecule has 1 unspecified atom stereocenters. The fraction of sp³-hybridized carbons (Fsp3) is 0.333. The average molecular weight is 308 g/mol. The third-order valence-corrected chi connectivity index (χ3v) is 3.93. The highest BCUT2D eigenvalue weighted by Crippen LogP contribution is 2.31. The van der Waals surface area contributed by atoms with Gasteiger partial charge in [-0.1, -0.05) is 0 Å². The van der Waals surface area contributed by atoms with Crippen LogP contribution in [0.2, 0.25) is 0 Å². The number of hydrogen-bond acceptors (Lipinski definition) is 4. The smallest absolute Gasteiger partial charge is 0.225 e. The molecule has 1 aliphatic heterocycles. The van der Waals surface area contributed by atoms with Gasteiger partial charge in [0.1, 0.15) is 5.82 Å². The van der Waals surface area contributed by atoms with Crippen molar-refractivity contribution < 1.29 is 13.2 Å². The third kappa shape index (κ3) is 2.76. The summed E-state index contributed by atoms with van der Waals surface area (Å²) in [6.07, 6.45) is 3.78. The van der Waals surface area contributed by atoms with Crippen LogP contribution in [0.3, 0.4) is 0 Å². The van der Waals surface area contributed by atoms with Gasteiger partial charge in [0.05, 0.1) is 0 Å². The molecule has 1 fully saturated rings. The number of halogens is 3. The minimum atomic E-state index is -1.19. The quantitative estimate of drug-likeness (QED) is 0.864. The molecule has 4 nitrogen and oxygen atoms in total. The van der Waals surface area contributed by atoms with Crippen LogP contribution in [0.4, 0.5) is 19.1 Å². The van der Waals surface area contributed by atoms with E-state index in [4.69, 9.17) is 5.73 Å². The van der Waals surface area contributed by atoms with Crippen LogP contribution in [-0.2, 0) is 0 Å². The Labute approximate surface area is 125 Å². The lowest BCUT2D eigenvalue weighted by molar-refractivity contribution is 0.414. The highest BCUT2D eigenvalue weighted by Gasteiger charge is 2.31. The summed E-state index contributed by atoms with van der Waals surface area (Å²) in [5.41, 5.74) is 6.24. The molecule has 1 saturated heterocycles. The minimum absolute atomic E-state index is 0.125. The maximum Gasteiger partial charge on any atom is 0.225 e. The summed E-state index contributed by atoms with van der Waals surface area (Å²) in [6.45, 7) is 0.994. The lowest BCUT2D eigenvalue weighted by Gasteiger charge is -2.37. The van der Waals surface area contributed by atoms with Gasteiger partial charge in [0, 0.05) is 43.5 Å². The molecule has 3 rings (SSSR count). The van der Waals surface area contributed by atoms with Gasteiger partial charge in [0.15, 0.2) is 11.6 Å². The Morgan fingerprint density at radius 3 is 2.41 bits per heavy atom. The molecule has 1 aromatic carbocycles. The molecule has 2 heterocycles. The number of piperidine rings is 1. The molecule has 0 spiro atoms. The number of anilines is 1. The van der Waals surface area contributed by atoms with Crippen molar-refractivity contribution >= 4 is 5.95 Å². The highest BCUT2D eigenvalue weighted by atomic mass is 19.2. The first kappa shape index (κ1) is 14.8. The second-order valence-corrected chi connectivity index (χ2v) is 5.34. The van der Waals surface area contributed by atoms with Crippen LogP contribution in [0.5, 0.6) is 0 Å². The standard InChI is InChI=1S/C15H15F3N4/c16-11-7-13(18)12(17)6-10(11)9-2-5-22(8-14(9)19)15-20-3-1-4-21-15/h1,3-4,6-7,9,14H,2,5,8,19H2/t9-,14?/m1/s1. The number of nitrogens with zero attached hydrogens (tertiary/aromatic N) is 3. The van der Waals surface area contributed by atoms with Gasteiger partial charge in [-0.3, -0.25) is 0 Å². The Morgan fingerprint density at radius 2 is 1.73 bits per heavy atom. The van der Waals surface area contributed by atoms with E-state index in [1.165, 1.54) is 0 Å². The van der Waals surface area contributed by atoms with Crippen molar-refractivity contribution in [3.05, 3.63) is 53.6 Å². The number of hydrogen-bond donors (Lipinski definition) is 1. The first-order valence-electron chi connectivity index (χ1n) is 6.98. The Balaban J connectivity index is 1.80. The van der Waals surface area contributed by atoms with Crippen molar-refractivity contribution in [3.63, 3.8) is 0 Å². The van der Waals surface area contributed by atoms with E-state index >= 15 is 0 Å². The number of rotatable bonds is 2. The van der Waals surface area contributed by atoms with E-state index in [0.29, 0.717) is 31.5 Å². The summed E-state index contributed by atoms with van der Waals surface area (Å²) in [4.78, 5) is 10.2. The van der Waals surface area contributed by atoms with Gasteiger partial charge in [-0.25, -0.2) is 23.1 Å². The van der Waals surface area contributed by atoms with Gasteiger partial charge in [-0.2, -0.15) is 0 Å². The van der Waals surface area contributed by atoms with Crippen LogP contribution >= 0.6 is 0 Å². The van der Waals surface area contributed by atoms with E-state index in [0.717, 1.165) is 6.07 Å². The molecule has 2 aromatic rings. The third-order valence-electron chi connectivity index (χ3n) is 3.93. The first-order valence-corrected chi connectivity index (χ1v) is 6.98. The molecule has 1 aliphatic rings. The number of benzene rings is 1. The second kappa shape index (κ2) is 5.92. The molecule has 0 bridgehead atoms. The van der Waals surface area contributed by atoms with Crippen LogP contribution in [0.25, 0.3) is 0 Å². The fourth-order valence-electron chi connectivity index (χ4n) is 2.83. The molecule has 7 heteroatoms. The van der Waals surface area contributed by atoms with Crippen molar-refractivity contribution in [1.29, 1.82) is 0 Å². The summed E-state index contributed by atoms with van der Waals surface area (Å²) >= 11 is 0. The Kier molecular flexibility index (Phi) is 3.98. The molecule has 0 radical (unpaired) electrons. The van der Waals surface area contributed by atoms with Crippen LogP contribution in [0.15, 0.2) is 30.6 Å². The second-order valence-electron chi connectivity index (χ2n) is 5.34. The normalized spacial score (nSPS) is 21.9. The van der Waals surface area contributed by atoms with Crippen molar-refractivity contribution in [2.75, 3.05) is 18.0 Å². The summed E-state index contributed by atoms with van der Waals surface area (Å²) in [7, 11) is 0. The first-order chi connectivity index (χ1) is 10.6. The van der Waals surface area contributed by atoms with Crippen molar-refractivity contribution in [2.45, 2.75) is 18.4 Å². The van der Waals surface area contributed by atoms with Crippen molar-refractivity contribution in [2.24, 2.45) is 5.73 Å². The molecule has 1 aromatic heterocycles. The Hall–Kier alpha value is -2.15. The van der Waals surface area contributed by atoms with E-state index in [1.807, 2.05) is 4.90 Å². The van der Waals surface area contributed by atoms with E-state index in [9.17, 15) is 13.2 Å². The minimum Gasteiger partial charge on any atom is -0.339 e. The zero-order valence-electron chi connectivity index (χ0n) is 11.7. The van der Waals surface area contributed by atoms with E-state index in [2.05, 4.69) is 9.97 Å². The van der Waals surface area contributed by atoms with E-state index in [1.54, 1.807) is 18.5 Å². The number of nitrogens with two attached hydrogens (primary N) is 1. The average Bonchev–Trinajstić information content (AvgIpc) is 2.52. The summed E-state index contributed by atoms with van der Waals surface area (Å²) < 4.78 is 40.3. The molecule has 2 atom stereocenters. The monoisotopic (exact) mass is 308 g/mol. The lowest BCUT2D eigenvalue weighted by Crippen LogP contribution is -2.48. The van der Waals surface area contributed by atoms with Gasteiger partial charge in [0.25, 0.3) is 0 Å². The predicted octanol–water partition coefficient (Wildman–Crippen LogP) is 2.22. The van der Waals surface area contributed by atoms with E-state index < -0.39 is 23.5 Å². The van der Waals surface area contributed by atoms with Crippen LogP contribution in [0.1, 0.15) is 17.9 Å². The topological polar surface area (TPSA) is 55.0 Å². The molecule has 22 heavy (non-hydrogen) atoms. The van der Waals surface area contributed by atoms with Gasteiger partial charge < -0.3 is 10.6 Å². The van der Waals surface area contributed by atoms with Crippen LogP contribution in [-0.4, -0.2) is 29.1 Å². The number of aromatic nitrogens is 2. The van der Waals surface area contributed by atoms with Crippen LogP contribution in [0, 0.1) is 17.5 Å². The van der Waals surface area contributed by atoms with Crippen LogP contribution < -0.4 is 10.6 Å². The van der Waals surface area contributed by atoms with E-state index in [-0.39, 0.29) is 11.5 Å². The summed E-state index contributed by atoms with van der Waals surface area (Å²) in [6, 6.07) is 2.78. The Bertz CT molecular complexity index is 665. The van der Waals surface area contributed by atoms with Gasteiger partial charge in [-0.05, 0) is 24.1 Å². The van der Waals surface area contributed by atoms with Gasteiger partial charge >= 0.3 is 0 Å². The molecule has 0 aliphatic carbocycles. The summed E-state index contributed by atoms with van der Waals surface area (Å²) in [5, 5.41) is 0. The largest absolute Gasteiger partial charge is 0.339 e. The SMILES string of the molecule is NC1CN(c2ncccn2)CC[C@@H]1c1cc(F)c(F)cc1F. The maximum atomic E-state index is 13.9. The zero-order chi connectivity index (χ0) is 15.7. The zero-order valence-corrected chi connectivity index (χ0v) is 11.7. The van der Waals surface area contributed by atoms with Crippen molar-refractivity contribution in [3.8, 4) is 0 Å². The van der Waals surface area contributed by atoms with Gasteiger partial charge in [-0.15, -0.1) is 0 Å². The molecular weight excluding hydrogens is 293 g/mol. The molecule has 2 N–H and O–H groups in total. The summed E-state index contributed by atoms with van der Waals surface area (Å²) in [5.74, 6) is -2.82. The highest BCUT2D eigenvalue weighted by molar-refractivity contribution is 5.34. The lowest BCUT2D eigenvalue weighted by atomic mass is 9.85. The van der Waals surface area contributed by atoms with Gasteiger partial charge in [0.2, 0.25) is 5.95 Å². The maximum absolute atomic E-state index is 13.9. The molecule has 0 amide bonds.